The maximum absolute atomic E-state index is 12.0. The summed E-state index contributed by atoms with van der Waals surface area (Å²) in [7, 11) is 0. The molecule has 7 nitrogen and oxygen atoms in total. The molecule has 1 aromatic carbocycles. The molecule has 1 amide bonds. The van der Waals surface area contributed by atoms with E-state index in [1.54, 1.807) is 18.3 Å². The lowest BCUT2D eigenvalue weighted by Gasteiger charge is -2.12. The Morgan fingerprint density at radius 2 is 2.00 bits per heavy atom. The zero-order chi connectivity index (χ0) is 19.9. The van der Waals surface area contributed by atoms with Crippen LogP contribution in [0.25, 0.3) is 11.5 Å². The van der Waals surface area contributed by atoms with Crippen molar-refractivity contribution in [1.82, 2.24) is 15.5 Å². The molecule has 0 aliphatic heterocycles. The van der Waals surface area contributed by atoms with Gasteiger partial charge in [0.2, 0.25) is 11.8 Å². The van der Waals surface area contributed by atoms with E-state index in [1.165, 1.54) is 0 Å². The third kappa shape index (κ3) is 5.50. The number of carbonyl (C=O) groups excluding carboxylic acids is 2. The topological polar surface area (TPSA) is 94.3 Å². The first-order valence-corrected chi connectivity index (χ1v) is 9.78. The maximum Gasteiger partial charge on any atom is 0.307 e. The van der Waals surface area contributed by atoms with Gasteiger partial charge in [0.05, 0.1) is 13.0 Å². The molecule has 3 rings (SSSR count). The molecule has 0 fully saturated rings. The highest BCUT2D eigenvalue weighted by molar-refractivity contribution is 7.09. The summed E-state index contributed by atoms with van der Waals surface area (Å²) in [5, 5.41) is 12.6. The highest BCUT2D eigenvalue weighted by Crippen LogP contribution is 2.18. The zero-order valence-electron chi connectivity index (χ0n) is 15.7. The fraction of sp³-hybridized carbons (Fsp3) is 0.300. The van der Waals surface area contributed by atoms with Crippen molar-refractivity contribution in [3.05, 3.63) is 58.1 Å². The van der Waals surface area contributed by atoms with Gasteiger partial charge in [-0.15, -0.1) is 21.5 Å². The number of carbonyl (C=O) groups is 2. The molecule has 8 heteroatoms. The van der Waals surface area contributed by atoms with Crippen molar-refractivity contribution in [3.8, 4) is 11.5 Å². The fourth-order valence-electron chi connectivity index (χ4n) is 2.42. The second-order valence-electron chi connectivity index (χ2n) is 6.30. The van der Waals surface area contributed by atoms with Gasteiger partial charge in [-0.3, -0.25) is 9.59 Å². The Bertz CT molecular complexity index is 919. The second-order valence-corrected chi connectivity index (χ2v) is 7.33. The number of thiophene rings is 1. The van der Waals surface area contributed by atoms with Crippen LogP contribution < -0.4 is 5.32 Å². The second kappa shape index (κ2) is 9.27. The Morgan fingerprint density at radius 1 is 1.21 bits per heavy atom. The molecule has 146 valence electrons. The molecular formula is C20H21N3O4S. The summed E-state index contributed by atoms with van der Waals surface area (Å²) in [6, 6.07) is 11.6. The molecule has 1 atom stereocenters. The first-order chi connectivity index (χ1) is 13.5. The van der Waals surface area contributed by atoms with Crippen LogP contribution in [-0.2, 0) is 27.3 Å². The van der Waals surface area contributed by atoms with Crippen LogP contribution in [0.4, 0.5) is 0 Å². The van der Waals surface area contributed by atoms with E-state index in [2.05, 4.69) is 15.5 Å². The number of ether oxygens (including phenoxy) is 1. The molecule has 1 N–H and O–H groups in total. The van der Waals surface area contributed by atoms with Crippen molar-refractivity contribution >= 4 is 23.2 Å². The predicted octanol–water partition coefficient (Wildman–Crippen LogP) is 3.29. The normalized spacial score (nSPS) is 11.8. The SMILES string of the molecule is Cc1ccc(-c2nnc(CCC(=O)OC(C)C(=O)NCc3cccs3)o2)cc1. The Morgan fingerprint density at radius 3 is 2.71 bits per heavy atom. The van der Waals surface area contributed by atoms with Crippen molar-refractivity contribution in [3.63, 3.8) is 0 Å². The predicted molar refractivity (Wildman–Crippen MR) is 105 cm³/mol. The number of hydrogen-bond acceptors (Lipinski definition) is 7. The number of aromatic nitrogens is 2. The summed E-state index contributed by atoms with van der Waals surface area (Å²) in [6.45, 7) is 3.96. The minimum absolute atomic E-state index is 0.0536. The van der Waals surface area contributed by atoms with E-state index in [4.69, 9.17) is 9.15 Å². The van der Waals surface area contributed by atoms with Crippen LogP contribution in [0.3, 0.4) is 0 Å². The summed E-state index contributed by atoms with van der Waals surface area (Å²) < 4.78 is 10.8. The van der Waals surface area contributed by atoms with Crippen LogP contribution in [0.2, 0.25) is 0 Å². The van der Waals surface area contributed by atoms with E-state index < -0.39 is 12.1 Å². The standard InChI is InChI=1S/C20H21N3O4S/c1-13-5-7-15(8-6-13)20-23-22-17(27-20)9-10-18(24)26-14(2)19(25)21-12-16-4-3-11-28-16/h3-8,11,14H,9-10,12H2,1-2H3,(H,21,25). The summed E-state index contributed by atoms with van der Waals surface area (Å²) >= 11 is 1.55. The molecule has 2 aromatic heterocycles. The lowest BCUT2D eigenvalue weighted by atomic mass is 10.1. The molecule has 3 aromatic rings. The lowest BCUT2D eigenvalue weighted by molar-refractivity contribution is -0.154. The third-order valence-electron chi connectivity index (χ3n) is 4.00. The van der Waals surface area contributed by atoms with Gasteiger partial charge in [0, 0.05) is 16.9 Å². The molecule has 2 heterocycles. The number of aryl methyl sites for hydroxylation is 2. The molecule has 0 aliphatic rings. The summed E-state index contributed by atoms with van der Waals surface area (Å²) in [5.74, 6) is -0.0675. The quantitative estimate of drug-likeness (QED) is 0.584. The average Bonchev–Trinajstić information content (AvgIpc) is 3.37. The number of esters is 1. The van der Waals surface area contributed by atoms with Gasteiger partial charge < -0.3 is 14.5 Å². The molecular weight excluding hydrogens is 378 g/mol. The lowest BCUT2D eigenvalue weighted by Crippen LogP contribution is -2.35. The van der Waals surface area contributed by atoms with Gasteiger partial charge in [-0.1, -0.05) is 23.8 Å². The molecule has 0 radical (unpaired) electrons. The van der Waals surface area contributed by atoms with Crippen LogP contribution >= 0.6 is 11.3 Å². The summed E-state index contributed by atoms with van der Waals surface area (Å²) in [5.41, 5.74) is 1.96. The minimum Gasteiger partial charge on any atom is -0.453 e. The van der Waals surface area contributed by atoms with Crippen LogP contribution in [0.5, 0.6) is 0 Å². The van der Waals surface area contributed by atoms with Gasteiger partial charge in [-0.2, -0.15) is 0 Å². The van der Waals surface area contributed by atoms with E-state index >= 15 is 0 Å². The molecule has 0 saturated heterocycles. The number of benzene rings is 1. The van der Waals surface area contributed by atoms with Crippen LogP contribution in [0, 0.1) is 6.92 Å². The third-order valence-corrected chi connectivity index (χ3v) is 4.88. The number of amides is 1. The van der Waals surface area contributed by atoms with Gasteiger partial charge >= 0.3 is 5.97 Å². The Labute approximate surface area is 166 Å². The van der Waals surface area contributed by atoms with Crippen LogP contribution in [0.1, 0.15) is 29.7 Å². The molecule has 0 saturated carbocycles. The maximum atomic E-state index is 12.0. The van der Waals surface area contributed by atoms with Gasteiger partial charge in [-0.05, 0) is 37.4 Å². The number of hydrogen-bond donors (Lipinski definition) is 1. The minimum atomic E-state index is -0.863. The first-order valence-electron chi connectivity index (χ1n) is 8.90. The van der Waals surface area contributed by atoms with Crippen molar-refractivity contribution in [1.29, 1.82) is 0 Å². The number of nitrogens with zero attached hydrogens (tertiary/aromatic N) is 2. The smallest absolute Gasteiger partial charge is 0.307 e. The van der Waals surface area contributed by atoms with Crippen molar-refractivity contribution in [2.75, 3.05) is 0 Å². The number of nitrogens with one attached hydrogen (secondary N) is 1. The van der Waals surface area contributed by atoms with E-state index in [0.717, 1.165) is 16.0 Å². The Balaban J connectivity index is 1.43. The Hall–Kier alpha value is -3.00. The summed E-state index contributed by atoms with van der Waals surface area (Å²) in [6.07, 6.45) is -0.558. The van der Waals surface area contributed by atoms with E-state index in [9.17, 15) is 9.59 Å². The highest BCUT2D eigenvalue weighted by Gasteiger charge is 2.18. The Kier molecular flexibility index (Phi) is 6.54. The largest absolute Gasteiger partial charge is 0.453 e. The van der Waals surface area contributed by atoms with E-state index in [-0.39, 0.29) is 18.7 Å². The van der Waals surface area contributed by atoms with Gasteiger partial charge in [-0.25, -0.2) is 0 Å². The van der Waals surface area contributed by atoms with Crippen LogP contribution in [0.15, 0.2) is 46.2 Å². The van der Waals surface area contributed by atoms with Gasteiger partial charge in [0.15, 0.2) is 6.10 Å². The zero-order valence-corrected chi connectivity index (χ0v) is 16.5. The first kappa shape index (κ1) is 19.8. The van der Waals surface area contributed by atoms with E-state index in [0.29, 0.717) is 18.3 Å². The molecule has 0 aliphatic carbocycles. The van der Waals surface area contributed by atoms with Gasteiger partial charge in [0.1, 0.15) is 0 Å². The highest BCUT2D eigenvalue weighted by atomic mass is 32.1. The van der Waals surface area contributed by atoms with E-state index in [1.807, 2.05) is 48.7 Å². The number of rotatable bonds is 8. The van der Waals surface area contributed by atoms with Crippen LogP contribution in [-0.4, -0.2) is 28.2 Å². The summed E-state index contributed by atoms with van der Waals surface area (Å²) in [4.78, 5) is 25.0. The monoisotopic (exact) mass is 399 g/mol. The molecule has 28 heavy (non-hydrogen) atoms. The average molecular weight is 399 g/mol. The van der Waals surface area contributed by atoms with Crippen molar-refractivity contribution in [2.24, 2.45) is 0 Å². The van der Waals surface area contributed by atoms with Crippen molar-refractivity contribution in [2.45, 2.75) is 39.3 Å². The van der Waals surface area contributed by atoms with Gasteiger partial charge in [0.25, 0.3) is 5.91 Å². The fourth-order valence-corrected chi connectivity index (χ4v) is 3.06. The molecule has 0 bridgehead atoms. The molecule has 0 spiro atoms. The van der Waals surface area contributed by atoms with Crippen molar-refractivity contribution < 1.29 is 18.7 Å². The molecule has 1 unspecified atom stereocenters.